The van der Waals surface area contributed by atoms with Crippen LogP contribution in [0.2, 0.25) is 5.02 Å². The average Bonchev–Trinajstić information content (AvgIpc) is 2.37. The van der Waals surface area contributed by atoms with Gasteiger partial charge in [-0.3, -0.25) is 4.79 Å². The highest BCUT2D eigenvalue weighted by atomic mass is 79.9. The Labute approximate surface area is 122 Å². The molecule has 0 aliphatic carbocycles. The van der Waals surface area contributed by atoms with E-state index in [-0.39, 0.29) is 16.3 Å². The number of nitrogens with one attached hydrogen (secondary N) is 1. The number of benzene rings is 2. The fraction of sp³-hybridized carbons (Fsp3) is 0. The van der Waals surface area contributed by atoms with E-state index in [0.29, 0.717) is 10.2 Å². The highest BCUT2D eigenvalue weighted by Gasteiger charge is 2.14. The summed E-state index contributed by atoms with van der Waals surface area (Å²) in [5.41, 5.74) is 6.25. The lowest BCUT2D eigenvalue weighted by Crippen LogP contribution is -2.14. The van der Waals surface area contributed by atoms with Gasteiger partial charge in [0.25, 0.3) is 5.91 Å². The molecule has 0 aliphatic heterocycles. The number of nitrogens with two attached hydrogens (primary N) is 1. The molecular weight excluding hydrogens is 335 g/mol. The topological polar surface area (TPSA) is 55.1 Å². The number of rotatable bonds is 2. The first-order chi connectivity index (χ1) is 8.99. The number of halogens is 3. The number of hydrogen-bond donors (Lipinski definition) is 2. The Morgan fingerprint density at radius 3 is 2.74 bits per heavy atom. The van der Waals surface area contributed by atoms with E-state index in [1.54, 1.807) is 12.1 Å². The van der Waals surface area contributed by atoms with Gasteiger partial charge in [-0.05, 0) is 46.3 Å². The Kier molecular flexibility index (Phi) is 4.07. The van der Waals surface area contributed by atoms with Gasteiger partial charge in [-0.1, -0.05) is 17.7 Å². The van der Waals surface area contributed by atoms with Crippen LogP contribution in [0.5, 0.6) is 0 Å². The molecule has 2 aromatic rings. The predicted molar refractivity (Wildman–Crippen MR) is 77.9 cm³/mol. The van der Waals surface area contributed by atoms with Crippen molar-refractivity contribution < 1.29 is 9.18 Å². The molecule has 0 atom stereocenters. The third-order valence-electron chi connectivity index (χ3n) is 2.44. The molecule has 6 heteroatoms. The Hall–Kier alpha value is -1.59. The maximum absolute atomic E-state index is 13.6. The van der Waals surface area contributed by atoms with Gasteiger partial charge in [0.15, 0.2) is 0 Å². The molecule has 0 radical (unpaired) electrons. The first-order valence-corrected chi connectivity index (χ1v) is 6.46. The molecule has 2 rings (SSSR count). The Bertz CT molecular complexity index is 628. The summed E-state index contributed by atoms with van der Waals surface area (Å²) in [4.78, 5) is 12.1. The maximum Gasteiger partial charge on any atom is 0.257 e. The van der Waals surface area contributed by atoms with Gasteiger partial charge < -0.3 is 11.1 Å². The van der Waals surface area contributed by atoms with E-state index in [0.717, 1.165) is 0 Å². The van der Waals surface area contributed by atoms with Gasteiger partial charge in [-0.2, -0.15) is 0 Å². The summed E-state index contributed by atoms with van der Waals surface area (Å²) in [6, 6.07) is 8.94. The number of hydrogen-bond acceptors (Lipinski definition) is 2. The molecule has 0 unspecified atom stereocenters. The van der Waals surface area contributed by atoms with Crippen LogP contribution in [0, 0.1) is 5.82 Å². The van der Waals surface area contributed by atoms with Crippen molar-refractivity contribution in [2.24, 2.45) is 0 Å². The van der Waals surface area contributed by atoms with Crippen molar-refractivity contribution in [1.82, 2.24) is 0 Å². The predicted octanol–water partition coefficient (Wildman–Crippen LogP) is 4.08. The van der Waals surface area contributed by atoms with Crippen molar-refractivity contribution in [1.29, 1.82) is 0 Å². The zero-order chi connectivity index (χ0) is 14.0. The van der Waals surface area contributed by atoms with E-state index in [4.69, 9.17) is 17.3 Å². The van der Waals surface area contributed by atoms with Gasteiger partial charge in [0.2, 0.25) is 0 Å². The van der Waals surface area contributed by atoms with Crippen LogP contribution >= 0.6 is 27.5 Å². The summed E-state index contributed by atoms with van der Waals surface area (Å²) in [6.07, 6.45) is 0. The Balaban J connectivity index is 2.34. The zero-order valence-electron chi connectivity index (χ0n) is 9.58. The minimum absolute atomic E-state index is 0.0611. The lowest BCUT2D eigenvalue weighted by molar-refractivity contribution is 0.102. The quantitative estimate of drug-likeness (QED) is 0.807. The Morgan fingerprint density at radius 1 is 1.32 bits per heavy atom. The van der Waals surface area contributed by atoms with Gasteiger partial charge in [0, 0.05) is 10.2 Å². The van der Waals surface area contributed by atoms with Crippen LogP contribution < -0.4 is 11.1 Å². The molecular formula is C13H9BrClFN2O. The van der Waals surface area contributed by atoms with Crippen LogP contribution in [-0.4, -0.2) is 5.91 Å². The van der Waals surface area contributed by atoms with Crippen LogP contribution in [0.3, 0.4) is 0 Å². The van der Waals surface area contributed by atoms with Crippen molar-refractivity contribution >= 4 is 44.8 Å². The van der Waals surface area contributed by atoms with Crippen molar-refractivity contribution in [3.05, 3.63) is 57.3 Å². The molecule has 1 amide bonds. The lowest BCUT2D eigenvalue weighted by Gasteiger charge is -2.10. The van der Waals surface area contributed by atoms with Crippen LogP contribution in [-0.2, 0) is 0 Å². The second kappa shape index (κ2) is 5.59. The average molecular weight is 344 g/mol. The third-order valence-corrected chi connectivity index (χ3v) is 3.43. The van der Waals surface area contributed by atoms with E-state index in [1.165, 1.54) is 24.3 Å². The van der Waals surface area contributed by atoms with Crippen LogP contribution in [0.1, 0.15) is 10.4 Å². The van der Waals surface area contributed by atoms with Crippen LogP contribution in [0.15, 0.2) is 40.9 Å². The van der Waals surface area contributed by atoms with Crippen molar-refractivity contribution in [2.75, 3.05) is 11.1 Å². The molecule has 0 aromatic heterocycles. The second-order valence-electron chi connectivity index (χ2n) is 3.79. The van der Waals surface area contributed by atoms with E-state index < -0.39 is 11.7 Å². The Morgan fingerprint density at radius 2 is 2.05 bits per heavy atom. The molecule has 0 bridgehead atoms. The number of carbonyl (C=O) groups excluding carboxylic acids is 1. The highest BCUT2D eigenvalue weighted by Crippen LogP contribution is 2.27. The molecule has 0 aliphatic rings. The van der Waals surface area contributed by atoms with Crippen molar-refractivity contribution in [2.45, 2.75) is 0 Å². The largest absolute Gasteiger partial charge is 0.399 e. The minimum atomic E-state index is -0.539. The normalized spacial score (nSPS) is 10.3. The first kappa shape index (κ1) is 13.8. The van der Waals surface area contributed by atoms with Gasteiger partial charge in [0.05, 0.1) is 16.3 Å². The van der Waals surface area contributed by atoms with E-state index in [1.807, 2.05) is 0 Å². The fourth-order valence-electron chi connectivity index (χ4n) is 1.51. The maximum atomic E-state index is 13.6. The molecule has 0 fully saturated rings. The smallest absolute Gasteiger partial charge is 0.257 e. The molecule has 3 N–H and O–H groups in total. The summed E-state index contributed by atoms with van der Waals surface area (Å²) in [5, 5.41) is 2.71. The number of nitrogen functional groups attached to an aromatic ring is 1. The first-order valence-electron chi connectivity index (χ1n) is 5.29. The summed E-state index contributed by atoms with van der Waals surface area (Å²) in [5.74, 6) is -1.06. The zero-order valence-corrected chi connectivity index (χ0v) is 11.9. The summed E-state index contributed by atoms with van der Waals surface area (Å²) in [7, 11) is 0. The molecule has 2 aromatic carbocycles. The van der Waals surface area contributed by atoms with Gasteiger partial charge >= 0.3 is 0 Å². The molecule has 0 saturated carbocycles. The number of para-hydroxylation sites is 1. The lowest BCUT2D eigenvalue weighted by atomic mass is 10.2. The van der Waals surface area contributed by atoms with Gasteiger partial charge in [-0.15, -0.1) is 0 Å². The van der Waals surface area contributed by atoms with E-state index in [9.17, 15) is 9.18 Å². The molecule has 0 spiro atoms. The molecule has 19 heavy (non-hydrogen) atoms. The molecule has 98 valence electrons. The van der Waals surface area contributed by atoms with E-state index in [2.05, 4.69) is 21.2 Å². The van der Waals surface area contributed by atoms with Crippen molar-refractivity contribution in [3.8, 4) is 0 Å². The van der Waals surface area contributed by atoms with Gasteiger partial charge in [0.1, 0.15) is 5.82 Å². The molecule has 3 nitrogen and oxygen atoms in total. The number of amides is 1. The van der Waals surface area contributed by atoms with Crippen LogP contribution in [0.4, 0.5) is 15.8 Å². The summed E-state index contributed by atoms with van der Waals surface area (Å²) in [6.45, 7) is 0. The SMILES string of the molecule is Nc1ccc(Cl)c(C(=O)Nc2c(F)cccc2Br)c1. The molecule has 0 heterocycles. The van der Waals surface area contributed by atoms with Crippen molar-refractivity contribution in [3.63, 3.8) is 0 Å². The number of carbonyl (C=O) groups is 1. The highest BCUT2D eigenvalue weighted by molar-refractivity contribution is 9.10. The summed E-state index contributed by atoms with van der Waals surface area (Å²) >= 11 is 9.08. The monoisotopic (exact) mass is 342 g/mol. The third kappa shape index (κ3) is 3.05. The number of anilines is 2. The minimum Gasteiger partial charge on any atom is -0.399 e. The fourth-order valence-corrected chi connectivity index (χ4v) is 2.16. The molecule has 0 saturated heterocycles. The van der Waals surface area contributed by atoms with Crippen LogP contribution in [0.25, 0.3) is 0 Å². The van der Waals surface area contributed by atoms with E-state index >= 15 is 0 Å². The second-order valence-corrected chi connectivity index (χ2v) is 5.05. The van der Waals surface area contributed by atoms with Gasteiger partial charge in [-0.25, -0.2) is 4.39 Å². The summed E-state index contributed by atoms with van der Waals surface area (Å²) < 4.78 is 14.0. The standard InChI is InChI=1S/C13H9BrClFN2O/c14-9-2-1-3-11(16)12(9)18-13(19)8-6-7(17)4-5-10(8)15/h1-6H,17H2,(H,18,19).